The van der Waals surface area contributed by atoms with Gasteiger partial charge < -0.3 is 35.4 Å². The normalized spacial score (nSPS) is 31.2. The van der Waals surface area contributed by atoms with E-state index in [1.54, 1.807) is 0 Å². The lowest BCUT2D eigenvalue weighted by Gasteiger charge is -2.39. The van der Waals surface area contributed by atoms with Gasteiger partial charge in [0, 0.05) is 12.1 Å². The molecule has 1 aliphatic rings. The number of nitrogens with zero attached hydrogens (tertiary/aromatic N) is 1. The molecule has 0 aromatic heterocycles. The Labute approximate surface area is 124 Å². The molecule has 1 aromatic rings. The number of aliphatic hydroxyl groups excluding tert-OH is 4. The van der Waals surface area contributed by atoms with Crippen molar-refractivity contribution in [1.29, 1.82) is 0 Å². The molecule has 0 bridgehead atoms. The molecule has 0 radical (unpaired) electrons. The largest absolute Gasteiger partial charge is 0.462 e. The number of nitro benzene ring substituents is 1. The van der Waals surface area contributed by atoms with Crippen LogP contribution in [0.25, 0.3) is 0 Å². The van der Waals surface area contributed by atoms with Gasteiger partial charge in [0.25, 0.3) is 5.69 Å². The van der Waals surface area contributed by atoms with E-state index >= 15 is 0 Å². The van der Waals surface area contributed by atoms with Gasteiger partial charge in [-0.15, -0.1) is 0 Å². The molecular weight excluding hydrogens is 302 g/mol. The topological polar surface area (TPSA) is 174 Å². The third kappa shape index (κ3) is 3.68. The van der Waals surface area contributed by atoms with Crippen LogP contribution in [0.2, 0.25) is 0 Å². The van der Waals surface area contributed by atoms with Gasteiger partial charge in [-0.1, -0.05) is 0 Å². The van der Waals surface area contributed by atoms with E-state index in [9.17, 15) is 25.4 Å². The summed E-state index contributed by atoms with van der Waals surface area (Å²) in [5.41, 5.74) is -0.129. The van der Waals surface area contributed by atoms with Crippen LogP contribution in [0.1, 0.15) is 0 Å². The van der Waals surface area contributed by atoms with Crippen LogP contribution in [0.5, 0.6) is 5.75 Å². The fourth-order valence-corrected chi connectivity index (χ4v) is 1.95. The van der Waals surface area contributed by atoms with Gasteiger partial charge in [-0.05, 0) is 12.1 Å². The van der Waals surface area contributed by atoms with Crippen molar-refractivity contribution in [2.75, 3.05) is 6.61 Å². The van der Waals surface area contributed by atoms with Crippen LogP contribution < -0.4 is 4.74 Å². The van der Waals surface area contributed by atoms with E-state index in [2.05, 4.69) is 0 Å². The summed E-state index contributed by atoms with van der Waals surface area (Å²) < 4.78 is 10.4. The molecular formula is C12H17NO9. The van der Waals surface area contributed by atoms with Crippen molar-refractivity contribution in [1.82, 2.24) is 0 Å². The van der Waals surface area contributed by atoms with Crippen LogP contribution in [0.15, 0.2) is 24.3 Å². The Kier molecular flexibility index (Phi) is 6.17. The molecule has 5 atom stereocenters. The molecule has 10 heteroatoms. The van der Waals surface area contributed by atoms with Crippen LogP contribution >= 0.6 is 0 Å². The van der Waals surface area contributed by atoms with E-state index in [0.29, 0.717) is 0 Å². The van der Waals surface area contributed by atoms with Gasteiger partial charge in [-0.25, -0.2) is 0 Å². The Morgan fingerprint density at radius 2 is 1.73 bits per heavy atom. The van der Waals surface area contributed by atoms with Gasteiger partial charge in [0.15, 0.2) is 0 Å². The Hall–Kier alpha value is -1.82. The Morgan fingerprint density at radius 1 is 1.14 bits per heavy atom. The maximum absolute atomic E-state index is 10.5. The zero-order chi connectivity index (χ0) is 15.6. The van der Waals surface area contributed by atoms with Gasteiger partial charge >= 0.3 is 0 Å². The lowest BCUT2D eigenvalue weighted by Crippen LogP contribution is -2.60. The molecule has 2 rings (SSSR count). The predicted octanol–water partition coefficient (Wildman–Crippen LogP) is -2.05. The quantitative estimate of drug-likeness (QED) is 0.362. The molecule has 124 valence electrons. The number of hydrogen-bond donors (Lipinski definition) is 4. The minimum atomic E-state index is -1.54. The lowest BCUT2D eigenvalue weighted by atomic mass is 9.99. The number of aliphatic hydroxyl groups is 4. The van der Waals surface area contributed by atoms with Crippen molar-refractivity contribution in [3.8, 4) is 5.75 Å². The number of non-ortho nitro benzene ring substituents is 1. The predicted molar refractivity (Wildman–Crippen MR) is 71.1 cm³/mol. The highest BCUT2D eigenvalue weighted by Crippen LogP contribution is 2.25. The number of ether oxygens (including phenoxy) is 2. The molecule has 1 aromatic carbocycles. The number of hydrogen-bond acceptors (Lipinski definition) is 8. The number of benzene rings is 1. The highest BCUT2D eigenvalue weighted by atomic mass is 16.7. The smallest absolute Gasteiger partial charge is 0.269 e. The van der Waals surface area contributed by atoms with E-state index < -0.39 is 42.2 Å². The molecule has 1 saturated heterocycles. The summed E-state index contributed by atoms with van der Waals surface area (Å²) in [5.74, 6) is 0.171. The second-order valence-corrected chi connectivity index (χ2v) is 4.57. The van der Waals surface area contributed by atoms with Gasteiger partial charge in [0.2, 0.25) is 6.29 Å². The Balaban J connectivity index is 0.00000242. The molecule has 1 fully saturated rings. The standard InChI is InChI=1S/C12H15NO8.H2O/c14-5-8-9(15)10(16)11(17)12(21-8)20-7-3-1-6(2-4-7)13(18)19;/h1-4,8-12,14-17H,5H2;1H2/t8-,9-,10+,11-,12+;/m1./s1. The minimum absolute atomic E-state index is 0. The van der Waals surface area contributed by atoms with Gasteiger partial charge in [0.05, 0.1) is 11.5 Å². The summed E-state index contributed by atoms with van der Waals surface area (Å²) in [7, 11) is 0. The summed E-state index contributed by atoms with van der Waals surface area (Å²) in [4.78, 5) is 9.95. The van der Waals surface area contributed by atoms with E-state index in [-0.39, 0.29) is 16.9 Å². The molecule has 0 amide bonds. The van der Waals surface area contributed by atoms with Crippen molar-refractivity contribution in [2.45, 2.75) is 30.7 Å². The zero-order valence-corrected chi connectivity index (χ0v) is 11.3. The first kappa shape index (κ1) is 18.2. The monoisotopic (exact) mass is 319 g/mol. The summed E-state index contributed by atoms with van der Waals surface area (Å²) >= 11 is 0. The molecule has 1 aliphatic heterocycles. The first-order valence-corrected chi connectivity index (χ1v) is 6.15. The molecule has 0 aliphatic carbocycles. The zero-order valence-electron chi connectivity index (χ0n) is 11.3. The van der Waals surface area contributed by atoms with E-state index in [0.717, 1.165) is 0 Å². The maximum atomic E-state index is 10.5. The van der Waals surface area contributed by atoms with Gasteiger partial charge in [-0.3, -0.25) is 10.1 Å². The number of nitro groups is 1. The van der Waals surface area contributed by atoms with Crippen LogP contribution in [-0.4, -0.2) is 68.1 Å². The number of rotatable bonds is 4. The van der Waals surface area contributed by atoms with Crippen molar-refractivity contribution in [3.05, 3.63) is 34.4 Å². The fraction of sp³-hybridized carbons (Fsp3) is 0.500. The van der Waals surface area contributed by atoms with Gasteiger partial charge in [0.1, 0.15) is 30.2 Å². The van der Waals surface area contributed by atoms with E-state index in [4.69, 9.17) is 14.6 Å². The highest BCUT2D eigenvalue weighted by Gasteiger charge is 2.44. The van der Waals surface area contributed by atoms with Crippen molar-refractivity contribution in [2.24, 2.45) is 0 Å². The summed E-state index contributed by atoms with van der Waals surface area (Å²) in [6.07, 6.45) is -6.94. The second-order valence-electron chi connectivity index (χ2n) is 4.57. The molecule has 0 saturated carbocycles. The second kappa shape index (κ2) is 7.45. The summed E-state index contributed by atoms with van der Waals surface area (Å²) in [5, 5.41) is 48.6. The molecule has 0 spiro atoms. The molecule has 10 nitrogen and oxygen atoms in total. The molecule has 6 N–H and O–H groups in total. The third-order valence-corrected chi connectivity index (χ3v) is 3.15. The molecule has 22 heavy (non-hydrogen) atoms. The Bertz CT molecular complexity index is 492. The van der Waals surface area contributed by atoms with Crippen molar-refractivity contribution in [3.63, 3.8) is 0 Å². The van der Waals surface area contributed by atoms with E-state index in [1.807, 2.05) is 0 Å². The maximum Gasteiger partial charge on any atom is 0.269 e. The van der Waals surface area contributed by atoms with Crippen molar-refractivity contribution < 1.29 is 40.3 Å². The first-order valence-electron chi connectivity index (χ1n) is 6.15. The summed E-state index contributed by atoms with van der Waals surface area (Å²) in [6.45, 7) is -0.564. The molecule has 1 heterocycles. The lowest BCUT2D eigenvalue weighted by molar-refractivity contribution is -0.384. The summed E-state index contributed by atoms with van der Waals surface area (Å²) in [6, 6.07) is 5.03. The fourth-order valence-electron chi connectivity index (χ4n) is 1.95. The minimum Gasteiger partial charge on any atom is -0.462 e. The average Bonchev–Trinajstić information content (AvgIpc) is 2.48. The first-order chi connectivity index (χ1) is 9.93. The van der Waals surface area contributed by atoms with Crippen LogP contribution in [0, 0.1) is 10.1 Å². The van der Waals surface area contributed by atoms with Crippen LogP contribution in [-0.2, 0) is 4.74 Å². The average molecular weight is 319 g/mol. The molecule has 0 unspecified atom stereocenters. The van der Waals surface area contributed by atoms with Crippen LogP contribution in [0.4, 0.5) is 5.69 Å². The highest BCUT2D eigenvalue weighted by molar-refractivity contribution is 5.36. The van der Waals surface area contributed by atoms with Crippen LogP contribution in [0.3, 0.4) is 0 Å². The Morgan fingerprint density at radius 3 is 2.23 bits per heavy atom. The van der Waals surface area contributed by atoms with E-state index in [1.165, 1.54) is 24.3 Å². The third-order valence-electron chi connectivity index (χ3n) is 3.15. The van der Waals surface area contributed by atoms with Crippen molar-refractivity contribution >= 4 is 5.69 Å². The van der Waals surface area contributed by atoms with Gasteiger partial charge in [-0.2, -0.15) is 0 Å². The SMILES string of the molecule is O.O=[N+]([O-])c1ccc(O[C@H]2O[C@H](CO)[C@@H](O)[C@H](O)[C@H]2O)cc1.